The van der Waals surface area contributed by atoms with Crippen molar-refractivity contribution in [3.63, 3.8) is 0 Å². The van der Waals surface area contributed by atoms with Crippen molar-refractivity contribution in [1.82, 2.24) is 0 Å². The Hall–Kier alpha value is -0.550. The lowest BCUT2D eigenvalue weighted by atomic mass is 10.0. The molecule has 104 valence electrons. The highest BCUT2D eigenvalue weighted by atomic mass is 16.5. The van der Waals surface area contributed by atoms with Crippen molar-refractivity contribution in [2.24, 2.45) is 0 Å². The molecule has 0 radical (unpaired) electrons. The molecule has 1 heterocycles. The average molecular weight is 251 g/mol. The van der Waals surface area contributed by atoms with Gasteiger partial charge in [-0.1, -0.05) is 64.2 Å². The Labute approximate surface area is 113 Å². The molecular weight excluding hydrogens is 222 g/mol. The van der Waals surface area contributed by atoms with Gasteiger partial charge < -0.3 is 4.74 Å². The fraction of sp³-hybridized carbons (Fsp3) is 0.938. The summed E-state index contributed by atoms with van der Waals surface area (Å²) in [6.45, 7) is 0.776. The lowest BCUT2D eigenvalue weighted by molar-refractivity contribution is 0.0791. The first-order chi connectivity index (χ1) is 8.93. The average Bonchev–Trinajstić information content (AvgIpc) is 2.39. The molecule has 1 aliphatic heterocycles. The molecule has 1 unspecified atom stereocenters. The maximum Gasteiger partial charge on any atom is 0.143 e. The molecule has 0 aliphatic carbocycles. The van der Waals surface area contributed by atoms with E-state index in [9.17, 15) is 0 Å². The normalized spacial score (nSPS) is 26.3. The van der Waals surface area contributed by atoms with E-state index in [1.54, 1.807) is 0 Å². The van der Waals surface area contributed by atoms with E-state index in [1.165, 1.54) is 64.2 Å². The minimum absolute atomic E-state index is 0.155. The van der Waals surface area contributed by atoms with Crippen molar-refractivity contribution in [2.45, 2.75) is 89.6 Å². The number of ether oxygens (including phenoxy) is 1. The molecule has 0 aromatic heterocycles. The van der Waals surface area contributed by atoms with Crippen LogP contribution in [0, 0.1) is 11.3 Å². The second-order valence-corrected chi connectivity index (χ2v) is 5.52. The smallest absolute Gasteiger partial charge is 0.143 e. The molecule has 1 aliphatic rings. The van der Waals surface area contributed by atoms with E-state index in [0.717, 1.165) is 25.9 Å². The lowest BCUT2D eigenvalue weighted by Crippen LogP contribution is -2.11. The van der Waals surface area contributed by atoms with Gasteiger partial charge in [0.25, 0.3) is 0 Å². The van der Waals surface area contributed by atoms with Gasteiger partial charge in [0.15, 0.2) is 0 Å². The number of rotatable bonds is 0. The van der Waals surface area contributed by atoms with Crippen LogP contribution in [0.3, 0.4) is 0 Å². The van der Waals surface area contributed by atoms with Gasteiger partial charge in [-0.3, -0.25) is 0 Å². The third kappa shape index (κ3) is 8.53. The SMILES string of the molecule is N#CC1CCCCCCCCCCCCCCO1. The van der Waals surface area contributed by atoms with Crippen LogP contribution in [0.25, 0.3) is 0 Å². The fourth-order valence-corrected chi connectivity index (χ4v) is 2.61. The zero-order valence-corrected chi connectivity index (χ0v) is 11.8. The molecule has 0 spiro atoms. The largest absolute Gasteiger partial charge is 0.363 e. The second kappa shape index (κ2) is 11.5. The third-order valence-electron chi connectivity index (χ3n) is 3.82. The van der Waals surface area contributed by atoms with Crippen LogP contribution in [0.15, 0.2) is 0 Å². The number of nitrogens with zero attached hydrogens (tertiary/aromatic N) is 1. The summed E-state index contributed by atoms with van der Waals surface area (Å²) >= 11 is 0. The summed E-state index contributed by atoms with van der Waals surface area (Å²) in [4.78, 5) is 0. The number of nitriles is 1. The molecule has 0 aromatic carbocycles. The molecule has 18 heavy (non-hydrogen) atoms. The summed E-state index contributed by atoms with van der Waals surface area (Å²) < 4.78 is 5.63. The number of hydrogen-bond acceptors (Lipinski definition) is 2. The van der Waals surface area contributed by atoms with Crippen LogP contribution in [-0.2, 0) is 4.74 Å². The maximum absolute atomic E-state index is 9.00. The molecule has 1 fully saturated rings. The first kappa shape index (κ1) is 15.5. The van der Waals surface area contributed by atoms with Gasteiger partial charge in [-0.25, -0.2) is 0 Å². The Morgan fingerprint density at radius 3 is 1.61 bits per heavy atom. The van der Waals surface area contributed by atoms with Crippen LogP contribution in [0.1, 0.15) is 83.5 Å². The Balaban J connectivity index is 2.18. The van der Waals surface area contributed by atoms with Gasteiger partial charge in [-0.2, -0.15) is 5.26 Å². The molecule has 2 heteroatoms. The molecule has 0 amide bonds. The van der Waals surface area contributed by atoms with Gasteiger partial charge in [0.05, 0.1) is 6.07 Å². The Bertz CT molecular complexity index is 206. The minimum atomic E-state index is -0.155. The van der Waals surface area contributed by atoms with E-state index >= 15 is 0 Å². The van der Waals surface area contributed by atoms with Crippen LogP contribution < -0.4 is 0 Å². The van der Waals surface area contributed by atoms with E-state index in [-0.39, 0.29) is 6.10 Å². The summed E-state index contributed by atoms with van der Waals surface area (Å²) in [6, 6.07) is 2.28. The topological polar surface area (TPSA) is 33.0 Å². The highest BCUT2D eigenvalue weighted by Gasteiger charge is 2.07. The van der Waals surface area contributed by atoms with Gasteiger partial charge in [-0.05, 0) is 19.3 Å². The van der Waals surface area contributed by atoms with Crippen molar-refractivity contribution < 1.29 is 4.74 Å². The summed E-state index contributed by atoms with van der Waals surface area (Å²) in [6.07, 6.45) is 16.6. The van der Waals surface area contributed by atoms with Gasteiger partial charge in [0.2, 0.25) is 0 Å². The van der Waals surface area contributed by atoms with E-state index in [0.29, 0.717) is 0 Å². The fourth-order valence-electron chi connectivity index (χ4n) is 2.61. The van der Waals surface area contributed by atoms with Gasteiger partial charge in [-0.15, -0.1) is 0 Å². The monoisotopic (exact) mass is 251 g/mol. The molecule has 2 nitrogen and oxygen atoms in total. The quantitative estimate of drug-likeness (QED) is 0.608. The predicted molar refractivity (Wildman–Crippen MR) is 75.4 cm³/mol. The Kier molecular flexibility index (Phi) is 9.94. The van der Waals surface area contributed by atoms with Crippen LogP contribution >= 0.6 is 0 Å². The molecular formula is C16H29NO. The molecule has 0 saturated carbocycles. The van der Waals surface area contributed by atoms with Crippen LogP contribution in [0.4, 0.5) is 0 Å². The lowest BCUT2D eigenvalue weighted by Gasteiger charge is -2.11. The van der Waals surface area contributed by atoms with Gasteiger partial charge in [0.1, 0.15) is 6.10 Å². The molecule has 0 N–H and O–H groups in total. The van der Waals surface area contributed by atoms with Crippen molar-refractivity contribution in [3.05, 3.63) is 0 Å². The van der Waals surface area contributed by atoms with E-state index in [1.807, 2.05) is 0 Å². The van der Waals surface area contributed by atoms with Gasteiger partial charge in [0, 0.05) is 6.61 Å². The van der Waals surface area contributed by atoms with E-state index < -0.39 is 0 Å². The summed E-state index contributed by atoms with van der Waals surface area (Å²) in [7, 11) is 0. The predicted octanol–water partition coefficient (Wildman–Crippen LogP) is 4.98. The van der Waals surface area contributed by atoms with E-state index in [2.05, 4.69) is 6.07 Å². The van der Waals surface area contributed by atoms with Crippen molar-refractivity contribution in [3.8, 4) is 6.07 Å². The highest BCUT2D eigenvalue weighted by molar-refractivity contribution is 4.83. The first-order valence-electron chi connectivity index (χ1n) is 7.94. The van der Waals surface area contributed by atoms with Crippen LogP contribution in [0.5, 0.6) is 0 Å². The van der Waals surface area contributed by atoms with Crippen molar-refractivity contribution >= 4 is 0 Å². The van der Waals surface area contributed by atoms with Gasteiger partial charge >= 0.3 is 0 Å². The van der Waals surface area contributed by atoms with Crippen molar-refractivity contribution in [1.29, 1.82) is 5.26 Å². The first-order valence-corrected chi connectivity index (χ1v) is 7.94. The third-order valence-corrected chi connectivity index (χ3v) is 3.82. The molecule has 1 atom stereocenters. The molecule has 1 saturated heterocycles. The minimum Gasteiger partial charge on any atom is -0.363 e. The summed E-state index contributed by atoms with van der Waals surface area (Å²) in [5.74, 6) is 0. The summed E-state index contributed by atoms with van der Waals surface area (Å²) in [5, 5.41) is 9.00. The molecule has 0 bridgehead atoms. The van der Waals surface area contributed by atoms with E-state index in [4.69, 9.17) is 10.00 Å². The van der Waals surface area contributed by atoms with Crippen LogP contribution in [-0.4, -0.2) is 12.7 Å². The Morgan fingerprint density at radius 1 is 0.667 bits per heavy atom. The Morgan fingerprint density at radius 2 is 1.11 bits per heavy atom. The maximum atomic E-state index is 9.00. The highest BCUT2D eigenvalue weighted by Crippen LogP contribution is 2.14. The second-order valence-electron chi connectivity index (χ2n) is 5.52. The zero-order valence-electron chi connectivity index (χ0n) is 11.8. The van der Waals surface area contributed by atoms with Crippen LogP contribution in [0.2, 0.25) is 0 Å². The van der Waals surface area contributed by atoms with Crippen molar-refractivity contribution in [2.75, 3.05) is 6.61 Å². The standard InChI is InChI=1S/C16H29NO/c17-15-16-13-11-9-7-5-3-1-2-4-6-8-10-12-14-18-16/h16H,1-14H2. The molecule has 0 aromatic rings. The zero-order chi connectivity index (χ0) is 12.9. The number of hydrogen-bond donors (Lipinski definition) is 0. The molecule has 1 rings (SSSR count). The summed E-state index contributed by atoms with van der Waals surface area (Å²) in [5.41, 5.74) is 0.